The molecule has 0 spiro atoms. The average molecular weight is 347 g/mol. The molecule has 3 rings (SSSR count). The molecular formula is C18H25N3O4. The zero-order chi connectivity index (χ0) is 17.7. The zero-order valence-electron chi connectivity index (χ0n) is 14.3. The first kappa shape index (κ1) is 17.5. The van der Waals surface area contributed by atoms with Crippen molar-refractivity contribution in [2.24, 2.45) is 0 Å². The van der Waals surface area contributed by atoms with E-state index in [0.29, 0.717) is 24.2 Å². The van der Waals surface area contributed by atoms with Crippen LogP contribution in [0.3, 0.4) is 0 Å². The minimum Gasteiger partial charge on any atom is -0.408 e. The Kier molecular flexibility index (Phi) is 5.43. The standard InChI is InChI=1S/C18H25N3O4/c22-16(20-13-18(24)9-5-1-2-6-10-18)19-11-12-21-14-7-3-4-8-15(14)25-17(21)23/h3-4,7-8,24H,1-2,5-6,9-13H2,(H2,19,20,22). The molecule has 25 heavy (non-hydrogen) atoms. The summed E-state index contributed by atoms with van der Waals surface area (Å²) in [7, 11) is 0. The van der Waals surface area contributed by atoms with Gasteiger partial charge in [-0.2, -0.15) is 0 Å². The largest absolute Gasteiger partial charge is 0.420 e. The monoisotopic (exact) mass is 347 g/mol. The van der Waals surface area contributed by atoms with Crippen molar-refractivity contribution in [3.8, 4) is 0 Å². The van der Waals surface area contributed by atoms with Crippen molar-refractivity contribution in [2.45, 2.75) is 50.7 Å². The van der Waals surface area contributed by atoms with Gasteiger partial charge in [-0.25, -0.2) is 9.59 Å². The van der Waals surface area contributed by atoms with Crippen LogP contribution < -0.4 is 16.4 Å². The number of nitrogens with zero attached hydrogens (tertiary/aromatic N) is 1. The molecule has 7 nitrogen and oxygen atoms in total. The fourth-order valence-electron chi connectivity index (χ4n) is 3.38. The van der Waals surface area contributed by atoms with Crippen molar-refractivity contribution in [3.63, 3.8) is 0 Å². The second kappa shape index (κ2) is 7.74. The van der Waals surface area contributed by atoms with Crippen LogP contribution in [-0.2, 0) is 6.54 Å². The number of hydrogen-bond acceptors (Lipinski definition) is 4. The third kappa shape index (κ3) is 4.42. The minimum absolute atomic E-state index is 0.257. The van der Waals surface area contributed by atoms with Crippen LogP contribution in [0.4, 0.5) is 4.79 Å². The number of amides is 2. The van der Waals surface area contributed by atoms with Crippen molar-refractivity contribution in [1.82, 2.24) is 15.2 Å². The van der Waals surface area contributed by atoms with Crippen molar-refractivity contribution >= 4 is 17.1 Å². The molecule has 0 aliphatic heterocycles. The molecular weight excluding hydrogens is 322 g/mol. The number of carbonyl (C=O) groups is 1. The van der Waals surface area contributed by atoms with Gasteiger partial charge >= 0.3 is 11.8 Å². The van der Waals surface area contributed by atoms with Crippen LogP contribution in [0.1, 0.15) is 38.5 Å². The SMILES string of the molecule is O=C(NCCn1c(=O)oc2ccccc21)NCC1(O)CCCCCC1. The Morgan fingerprint density at radius 1 is 1.16 bits per heavy atom. The van der Waals surface area contributed by atoms with Gasteiger partial charge in [-0.1, -0.05) is 37.8 Å². The van der Waals surface area contributed by atoms with Gasteiger partial charge in [-0.3, -0.25) is 4.57 Å². The van der Waals surface area contributed by atoms with E-state index < -0.39 is 11.4 Å². The molecule has 1 aliphatic rings. The molecule has 2 amide bonds. The van der Waals surface area contributed by atoms with Crippen LogP contribution in [0, 0.1) is 0 Å². The van der Waals surface area contributed by atoms with E-state index in [0.717, 1.165) is 38.5 Å². The second-order valence-corrected chi connectivity index (χ2v) is 6.74. The normalized spacial score (nSPS) is 17.2. The lowest BCUT2D eigenvalue weighted by Gasteiger charge is -2.26. The minimum atomic E-state index is -0.800. The predicted octanol–water partition coefficient (Wildman–Crippen LogP) is 1.98. The average Bonchev–Trinajstić information content (AvgIpc) is 2.77. The fraction of sp³-hybridized carbons (Fsp3) is 0.556. The van der Waals surface area contributed by atoms with E-state index in [1.807, 2.05) is 12.1 Å². The second-order valence-electron chi connectivity index (χ2n) is 6.74. The number of urea groups is 1. The molecule has 0 radical (unpaired) electrons. The molecule has 1 saturated carbocycles. The van der Waals surface area contributed by atoms with Crippen LogP contribution in [0.15, 0.2) is 33.5 Å². The van der Waals surface area contributed by atoms with Gasteiger partial charge in [-0.15, -0.1) is 0 Å². The number of carbonyl (C=O) groups excluding carboxylic acids is 1. The quantitative estimate of drug-likeness (QED) is 0.721. The van der Waals surface area contributed by atoms with Gasteiger partial charge in [0, 0.05) is 19.6 Å². The number of benzene rings is 1. The van der Waals surface area contributed by atoms with Crippen molar-refractivity contribution in [2.75, 3.05) is 13.1 Å². The summed E-state index contributed by atoms with van der Waals surface area (Å²) in [6.45, 7) is 0.884. The molecule has 1 fully saturated rings. The molecule has 7 heteroatoms. The van der Waals surface area contributed by atoms with Gasteiger partial charge in [0.25, 0.3) is 0 Å². The Balaban J connectivity index is 1.47. The fourth-order valence-corrected chi connectivity index (χ4v) is 3.38. The number of oxazole rings is 1. The third-order valence-corrected chi connectivity index (χ3v) is 4.81. The third-order valence-electron chi connectivity index (χ3n) is 4.81. The highest BCUT2D eigenvalue weighted by Gasteiger charge is 2.28. The number of para-hydroxylation sites is 2. The number of fused-ring (bicyclic) bond motifs is 1. The van der Waals surface area contributed by atoms with Crippen LogP contribution in [-0.4, -0.2) is 34.4 Å². The van der Waals surface area contributed by atoms with Crippen molar-refractivity contribution < 1.29 is 14.3 Å². The molecule has 1 aromatic heterocycles. The van der Waals surface area contributed by atoms with Gasteiger partial charge < -0.3 is 20.2 Å². The van der Waals surface area contributed by atoms with E-state index in [-0.39, 0.29) is 12.6 Å². The molecule has 0 atom stereocenters. The number of nitrogens with one attached hydrogen (secondary N) is 2. The lowest BCUT2D eigenvalue weighted by atomic mass is 9.95. The van der Waals surface area contributed by atoms with Gasteiger partial charge in [-0.05, 0) is 25.0 Å². The Morgan fingerprint density at radius 2 is 1.88 bits per heavy atom. The van der Waals surface area contributed by atoms with Crippen molar-refractivity contribution in [1.29, 1.82) is 0 Å². The van der Waals surface area contributed by atoms with Crippen LogP contribution >= 0.6 is 0 Å². The summed E-state index contributed by atoms with van der Waals surface area (Å²) in [5, 5.41) is 16.0. The number of aliphatic hydroxyl groups is 1. The number of hydrogen-bond donors (Lipinski definition) is 3. The van der Waals surface area contributed by atoms with Crippen LogP contribution in [0.2, 0.25) is 0 Å². The van der Waals surface area contributed by atoms with Crippen LogP contribution in [0.5, 0.6) is 0 Å². The first-order valence-corrected chi connectivity index (χ1v) is 8.90. The zero-order valence-corrected chi connectivity index (χ0v) is 14.3. The summed E-state index contributed by atoms with van der Waals surface area (Å²) >= 11 is 0. The van der Waals surface area contributed by atoms with Crippen molar-refractivity contribution in [3.05, 3.63) is 34.8 Å². The van der Waals surface area contributed by atoms with E-state index in [1.54, 1.807) is 12.1 Å². The Labute approximate surface area is 146 Å². The lowest BCUT2D eigenvalue weighted by Crippen LogP contribution is -2.46. The number of aromatic nitrogens is 1. The molecule has 1 heterocycles. The van der Waals surface area contributed by atoms with E-state index in [2.05, 4.69) is 10.6 Å². The Morgan fingerprint density at radius 3 is 2.64 bits per heavy atom. The smallest absolute Gasteiger partial charge is 0.408 e. The molecule has 1 aromatic carbocycles. The highest BCUT2D eigenvalue weighted by molar-refractivity contribution is 5.74. The summed E-state index contributed by atoms with van der Waals surface area (Å²) < 4.78 is 6.65. The summed E-state index contributed by atoms with van der Waals surface area (Å²) in [4.78, 5) is 23.8. The molecule has 3 N–H and O–H groups in total. The summed E-state index contributed by atoms with van der Waals surface area (Å²) in [5.74, 6) is -0.434. The maximum atomic E-state index is 11.9. The molecule has 0 unspecified atom stereocenters. The van der Waals surface area contributed by atoms with Gasteiger partial charge in [0.15, 0.2) is 5.58 Å². The van der Waals surface area contributed by atoms with Gasteiger partial charge in [0.05, 0.1) is 11.1 Å². The summed E-state index contributed by atoms with van der Waals surface area (Å²) in [5.41, 5.74) is 0.445. The van der Waals surface area contributed by atoms with E-state index >= 15 is 0 Å². The first-order chi connectivity index (χ1) is 12.1. The molecule has 1 aliphatic carbocycles. The van der Waals surface area contributed by atoms with E-state index in [9.17, 15) is 14.7 Å². The van der Waals surface area contributed by atoms with Gasteiger partial charge in [0.1, 0.15) is 0 Å². The Bertz CT molecular complexity index is 772. The highest BCUT2D eigenvalue weighted by Crippen LogP contribution is 2.26. The van der Waals surface area contributed by atoms with Gasteiger partial charge in [0.2, 0.25) is 0 Å². The lowest BCUT2D eigenvalue weighted by molar-refractivity contribution is 0.0277. The topological polar surface area (TPSA) is 96.5 Å². The summed E-state index contributed by atoms with van der Waals surface area (Å²) in [6, 6.07) is 6.85. The molecule has 0 saturated heterocycles. The van der Waals surface area contributed by atoms with E-state index in [1.165, 1.54) is 4.57 Å². The van der Waals surface area contributed by atoms with Crippen LogP contribution in [0.25, 0.3) is 11.1 Å². The highest BCUT2D eigenvalue weighted by atomic mass is 16.4. The maximum absolute atomic E-state index is 11.9. The Hall–Kier alpha value is -2.28. The maximum Gasteiger partial charge on any atom is 0.420 e. The predicted molar refractivity (Wildman–Crippen MR) is 94.5 cm³/mol. The first-order valence-electron chi connectivity index (χ1n) is 8.90. The number of rotatable bonds is 5. The molecule has 0 bridgehead atoms. The van der Waals surface area contributed by atoms with E-state index in [4.69, 9.17) is 4.42 Å². The molecule has 136 valence electrons. The molecule has 2 aromatic rings. The summed E-state index contributed by atoms with van der Waals surface area (Å²) in [6.07, 6.45) is 5.73.